The first-order chi connectivity index (χ1) is 12.9. The van der Waals surface area contributed by atoms with E-state index in [2.05, 4.69) is 95.2 Å². The Morgan fingerprint density at radius 3 is 2.25 bits per heavy atom. The van der Waals surface area contributed by atoms with E-state index in [-0.39, 0.29) is 18.0 Å². The van der Waals surface area contributed by atoms with Gasteiger partial charge in [-0.2, -0.15) is 0 Å². The lowest BCUT2D eigenvalue weighted by atomic mass is 10.0. The van der Waals surface area contributed by atoms with Crippen LogP contribution in [-0.2, 0) is 8.95 Å². The average molecular weight is 441 g/mol. The van der Waals surface area contributed by atoms with Gasteiger partial charge in [0.2, 0.25) is 0 Å². The van der Waals surface area contributed by atoms with Crippen molar-refractivity contribution >= 4 is 24.0 Å². The fourth-order valence-corrected chi connectivity index (χ4v) is 13.3. The highest BCUT2D eigenvalue weighted by Crippen LogP contribution is 2.69. The number of likely N-dealkylation sites (N-methyl/N-ethyl adjacent to an activating group) is 1. The molecule has 1 fully saturated rings. The minimum Gasteiger partial charge on any atom is -0.406 e. The van der Waals surface area contributed by atoms with Crippen LogP contribution < -0.4 is 0 Å². The third-order valence-electron chi connectivity index (χ3n) is 4.99. The molecule has 0 saturated carbocycles. The first-order valence-electron chi connectivity index (χ1n) is 10.7. The predicted octanol–water partition coefficient (Wildman–Crippen LogP) is 7.31. The predicted molar refractivity (Wildman–Crippen MR) is 128 cm³/mol. The Kier molecular flexibility index (Phi) is 7.96. The van der Waals surface area contributed by atoms with E-state index in [0.717, 1.165) is 12.8 Å². The zero-order valence-corrected chi connectivity index (χ0v) is 22.3. The third kappa shape index (κ3) is 5.90. The maximum atomic E-state index is 7.04. The number of unbranched alkanes of at least 4 members (excludes halogenated alkanes) is 1. The van der Waals surface area contributed by atoms with Gasteiger partial charge in [-0.25, -0.2) is 4.67 Å². The summed E-state index contributed by atoms with van der Waals surface area (Å²) in [5.41, 5.74) is 1.25. The van der Waals surface area contributed by atoms with Gasteiger partial charge in [0.25, 0.3) is 0 Å². The molecule has 0 aromatic heterocycles. The van der Waals surface area contributed by atoms with Crippen molar-refractivity contribution in [1.82, 2.24) is 4.67 Å². The molecular formula is C21H41N2O2PSi2. The Bertz CT molecular complexity index is 686. The number of hydrogen-bond donors (Lipinski definition) is 0. The van der Waals surface area contributed by atoms with E-state index < -0.39 is 24.0 Å². The molecule has 0 amide bonds. The van der Waals surface area contributed by atoms with Gasteiger partial charge in [-0.3, -0.25) is 0 Å². The van der Waals surface area contributed by atoms with Crippen LogP contribution in [0.2, 0.25) is 39.3 Å². The standard InChI is InChI=1S/C21H41N2O2PSi2/c1-10-11-17-20(25-28(7,8)9)26(22-27(4,5)6)23(3)18(2)21(24-26)19-15-13-12-14-16-19/h12-16,18,20-21H,10-11,17H2,1-9H3/t18-,20+,21-,26?/m0/s1. The fraction of sp³-hybridized carbons (Fsp3) is 0.714. The second-order valence-electron chi connectivity index (χ2n) is 9.94. The summed E-state index contributed by atoms with van der Waals surface area (Å²) in [7, 11) is -3.49. The summed E-state index contributed by atoms with van der Waals surface area (Å²) in [6.07, 6.45) is 3.40. The van der Waals surface area contributed by atoms with Gasteiger partial charge in [0.05, 0.1) is 0 Å². The molecule has 4 atom stereocenters. The maximum absolute atomic E-state index is 7.04. The van der Waals surface area contributed by atoms with E-state index in [1.165, 1.54) is 12.0 Å². The first kappa shape index (κ1) is 24.0. The van der Waals surface area contributed by atoms with Crippen LogP contribution in [0.5, 0.6) is 0 Å². The summed E-state index contributed by atoms with van der Waals surface area (Å²) in [4.78, 5) is 0. The molecule has 0 radical (unpaired) electrons. The van der Waals surface area contributed by atoms with Crippen LogP contribution in [0.1, 0.15) is 44.8 Å². The average Bonchev–Trinajstić information content (AvgIpc) is 2.83. The SMILES string of the molecule is CCCC[C@H](O[Si](C)(C)C)P1(=N[Si](C)(C)C)O[C@H](c2ccccc2)[C@H](C)N1C. The van der Waals surface area contributed by atoms with Crippen molar-refractivity contribution in [1.29, 1.82) is 0 Å². The largest absolute Gasteiger partial charge is 0.406 e. The minimum atomic E-state index is -2.24. The molecule has 1 aliphatic heterocycles. The molecule has 1 unspecified atom stereocenters. The van der Waals surface area contributed by atoms with Crippen molar-refractivity contribution in [2.45, 2.75) is 90.4 Å². The van der Waals surface area contributed by atoms with Crippen LogP contribution in [0.15, 0.2) is 34.7 Å². The topological polar surface area (TPSA) is 34.1 Å². The number of rotatable bonds is 8. The van der Waals surface area contributed by atoms with Gasteiger partial charge in [-0.15, -0.1) is 0 Å². The molecule has 2 rings (SSSR count). The third-order valence-corrected chi connectivity index (χ3v) is 12.6. The Morgan fingerprint density at radius 1 is 1.14 bits per heavy atom. The van der Waals surface area contributed by atoms with E-state index in [0.29, 0.717) is 0 Å². The molecule has 0 N–H and O–H groups in total. The number of hydrogen-bond acceptors (Lipinski definition) is 3. The molecule has 160 valence electrons. The highest BCUT2D eigenvalue weighted by molar-refractivity contribution is 7.61. The Balaban J connectivity index is 2.57. The molecule has 1 aromatic carbocycles. The van der Waals surface area contributed by atoms with E-state index in [9.17, 15) is 0 Å². The molecule has 0 aliphatic carbocycles. The Hall–Kier alpha value is -0.236. The lowest BCUT2D eigenvalue weighted by molar-refractivity contribution is 0.196. The molecule has 0 spiro atoms. The molecule has 28 heavy (non-hydrogen) atoms. The zero-order valence-electron chi connectivity index (χ0n) is 19.4. The number of nitrogens with zero attached hydrogens (tertiary/aromatic N) is 2. The van der Waals surface area contributed by atoms with Gasteiger partial charge in [0.1, 0.15) is 11.9 Å². The summed E-state index contributed by atoms with van der Waals surface area (Å²) in [5.74, 6) is 0.0759. The Morgan fingerprint density at radius 2 is 1.75 bits per heavy atom. The van der Waals surface area contributed by atoms with Crippen LogP contribution in [-0.4, -0.2) is 40.2 Å². The molecule has 1 heterocycles. The smallest absolute Gasteiger partial charge is 0.184 e. The van der Waals surface area contributed by atoms with Gasteiger partial charge in [-0.05, 0) is 65.2 Å². The quantitative estimate of drug-likeness (QED) is 0.314. The van der Waals surface area contributed by atoms with Crippen LogP contribution in [0.3, 0.4) is 0 Å². The summed E-state index contributed by atoms with van der Waals surface area (Å²) in [6.45, 7) is 18.3. The molecule has 0 bridgehead atoms. The van der Waals surface area contributed by atoms with E-state index in [4.69, 9.17) is 13.4 Å². The van der Waals surface area contributed by atoms with Crippen molar-refractivity contribution in [3.05, 3.63) is 35.9 Å². The summed E-state index contributed by atoms with van der Waals surface area (Å²) in [5, 5.41) is 0. The van der Waals surface area contributed by atoms with Crippen LogP contribution >= 0.6 is 7.43 Å². The number of benzene rings is 1. The van der Waals surface area contributed by atoms with Crippen molar-refractivity contribution in [2.24, 2.45) is 4.41 Å². The second-order valence-corrected chi connectivity index (χ2v) is 22.1. The maximum Gasteiger partial charge on any atom is 0.184 e. The molecular weight excluding hydrogens is 399 g/mol. The molecule has 1 aliphatic rings. The molecule has 1 saturated heterocycles. The summed E-state index contributed by atoms with van der Waals surface area (Å²) in [6, 6.07) is 10.9. The highest BCUT2D eigenvalue weighted by atomic mass is 31.2. The first-order valence-corrected chi connectivity index (χ1v) is 19.2. The lowest BCUT2D eigenvalue weighted by Crippen LogP contribution is -2.36. The van der Waals surface area contributed by atoms with Gasteiger partial charge in [0.15, 0.2) is 24.0 Å². The van der Waals surface area contributed by atoms with Gasteiger partial charge >= 0.3 is 0 Å². The van der Waals surface area contributed by atoms with E-state index in [1.54, 1.807) is 0 Å². The van der Waals surface area contributed by atoms with Crippen molar-refractivity contribution in [3.63, 3.8) is 0 Å². The lowest BCUT2D eigenvalue weighted by Gasteiger charge is -2.39. The zero-order chi connectivity index (χ0) is 21.2. The summed E-state index contributed by atoms with van der Waals surface area (Å²) < 4.78 is 21.9. The highest BCUT2D eigenvalue weighted by Gasteiger charge is 2.50. The van der Waals surface area contributed by atoms with Gasteiger partial charge < -0.3 is 13.4 Å². The molecule has 1 aromatic rings. The molecule has 4 nitrogen and oxygen atoms in total. The minimum absolute atomic E-state index is 0.0500. The van der Waals surface area contributed by atoms with Crippen LogP contribution in [0.25, 0.3) is 0 Å². The normalized spacial score (nSPS) is 27.8. The van der Waals surface area contributed by atoms with Crippen LogP contribution in [0.4, 0.5) is 0 Å². The summed E-state index contributed by atoms with van der Waals surface area (Å²) >= 11 is 0. The van der Waals surface area contributed by atoms with Gasteiger partial charge in [-0.1, -0.05) is 50.1 Å². The molecule has 7 heteroatoms. The Labute approximate surface area is 175 Å². The van der Waals surface area contributed by atoms with Crippen molar-refractivity contribution in [3.8, 4) is 0 Å². The second kappa shape index (κ2) is 9.28. The van der Waals surface area contributed by atoms with Crippen molar-refractivity contribution in [2.75, 3.05) is 7.05 Å². The fourth-order valence-electron chi connectivity index (χ4n) is 3.71. The van der Waals surface area contributed by atoms with E-state index in [1.807, 2.05) is 0 Å². The van der Waals surface area contributed by atoms with E-state index >= 15 is 0 Å². The monoisotopic (exact) mass is 440 g/mol. The van der Waals surface area contributed by atoms with Crippen molar-refractivity contribution < 1.29 is 8.95 Å². The van der Waals surface area contributed by atoms with Crippen LogP contribution in [0, 0.1) is 0 Å². The van der Waals surface area contributed by atoms with Gasteiger partial charge in [0, 0.05) is 6.04 Å².